The van der Waals surface area contributed by atoms with Crippen molar-refractivity contribution in [2.24, 2.45) is 0 Å². The third-order valence-electron chi connectivity index (χ3n) is 5.00. The number of amides is 1. The number of halogens is 1. The molecule has 1 atom stereocenters. The quantitative estimate of drug-likeness (QED) is 0.753. The molecule has 1 heterocycles. The second-order valence-corrected chi connectivity index (χ2v) is 9.38. The number of hydrogen-bond donors (Lipinski definition) is 1. The monoisotopic (exact) mass is 436 g/mol. The van der Waals surface area contributed by atoms with Gasteiger partial charge in [0.15, 0.2) is 6.10 Å². The minimum atomic E-state index is -3.59. The van der Waals surface area contributed by atoms with Gasteiger partial charge in [0, 0.05) is 11.6 Å². The van der Waals surface area contributed by atoms with Gasteiger partial charge >= 0.3 is 0 Å². The van der Waals surface area contributed by atoms with Crippen molar-refractivity contribution in [1.82, 2.24) is 5.32 Å². The number of aryl methyl sites for hydroxylation is 2. The molecule has 1 N–H and O–H groups in total. The van der Waals surface area contributed by atoms with Crippen LogP contribution in [0.3, 0.4) is 0 Å². The number of fused-ring (bicyclic) bond motifs is 1. The molecule has 0 saturated carbocycles. The van der Waals surface area contributed by atoms with Crippen LogP contribution in [0.5, 0.6) is 5.75 Å². The summed E-state index contributed by atoms with van der Waals surface area (Å²) in [6.45, 7) is 4.42. The molecular formula is C21H25ClN2O4S. The average molecular weight is 437 g/mol. The van der Waals surface area contributed by atoms with E-state index in [2.05, 4.69) is 37.4 Å². The predicted octanol–water partition coefficient (Wildman–Crippen LogP) is 3.31. The van der Waals surface area contributed by atoms with Gasteiger partial charge in [0.25, 0.3) is 5.91 Å². The Labute approximate surface area is 176 Å². The lowest BCUT2D eigenvalue weighted by molar-refractivity contribution is -0.127. The van der Waals surface area contributed by atoms with Crippen molar-refractivity contribution in [3.63, 3.8) is 0 Å². The second-order valence-electron chi connectivity index (χ2n) is 7.04. The zero-order chi connectivity index (χ0) is 21.2. The molecule has 1 amide bonds. The van der Waals surface area contributed by atoms with Gasteiger partial charge in [-0.25, -0.2) is 8.42 Å². The van der Waals surface area contributed by atoms with Gasteiger partial charge in [0.05, 0.1) is 18.5 Å². The van der Waals surface area contributed by atoms with Crippen LogP contribution in [0.15, 0.2) is 36.4 Å². The van der Waals surface area contributed by atoms with E-state index in [0.29, 0.717) is 23.0 Å². The summed E-state index contributed by atoms with van der Waals surface area (Å²) in [5, 5.41) is 3.29. The number of nitrogens with one attached hydrogen (secondary N) is 1. The van der Waals surface area contributed by atoms with Crippen LogP contribution in [-0.2, 0) is 34.2 Å². The maximum absolute atomic E-state index is 12.8. The highest BCUT2D eigenvalue weighted by atomic mass is 35.5. The molecule has 3 rings (SSSR count). The van der Waals surface area contributed by atoms with Crippen molar-refractivity contribution < 1.29 is 17.9 Å². The fraction of sp³-hybridized carbons (Fsp3) is 0.381. The molecule has 0 saturated heterocycles. The van der Waals surface area contributed by atoms with Crippen LogP contribution in [0.25, 0.3) is 0 Å². The molecule has 2 aromatic rings. The van der Waals surface area contributed by atoms with E-state index < -0.39 is 16.1 Å². The fourth-order valence-corrected chi connectivity index (χ4v) is 4.45. The molecule has 2 aromatic carbocycles. The van der Waals surface area contributed by atoms with Gasteiger partial charge < -0.3 is 10.1 Å². The summed E-state index contributed by atoms with van der Waals surface area (Å²) in [7, 11) is -3.59. The molecule has 1 unspecified atom stereocenters. The van der Waals surface area contributed by atoms with Crippen LogP contribution in [0.1, 0.15) is 30.5 Å². The number of rotatable bonds is 6. The average Bonchev–Trinajstić information content (AvgIpc) is 2.70. The number of ether oxygens (including phenoxy) is 1. The number of benzene rings is 2. The number of carbonyl (C=O) groups excluding carboxylic acids is 1. The molecular weight excluding hydrogens is 412 g/mol. The molecule has 0 spiro atoms. The zero-order valence-electron chi connectivity index (χ0n) is 16.7. The minimum absolute atomic E-state index is 0.104. The maximum atomic E-state index is 12.8. The lowest BCUT2D eigenvalue weighted by Crippen LogP contribution is -2.50. The Bertz CT molecular complexity index is 1020. The Morgan fingerprint density at radius 3 is 2.59 bits per heavy atom. The standard InChI is InChI=1S/C21H25ClN2O4S/c1-4-14-6-7-15(5-2)16(10-14)12-23-21(25)20-13-24(29(3,26)27)18-11-17(22)8-9-19(18)28-20/h6-11,20H,4-5,12-13H2,1-3H3,(H,23,25). The molecule has 0 aromatic heterocycles. The van der Waals surface area contributed by atoms with Crippen molar-refractivity contribution >= 4 is 33.2 Å². The van der Waals surface area contributed by atoms with E-state index in [0.717, 1.165) is 29.0 Å². The van der Waals surface area contributed by atoms with E-state index >= 15 is 0 Å². The zero-order valence-corrected chi connectivity index (χ0v) is 18.3. The highest BCUT2D eigenvalue weighted by Crippen LogP contribution is 2.37. The summed E-state index contributed by atoms with van der Waals surface area (Å²) in [5.74, 6) is -0.0448. The highest BCUT2D eigenvalue weighted by Gasteiger charge is 2.35. The first-order valence-corrected chi connectivity index (χ1v) is 11.8. The van der Waals surface area contributed by atoms with Crippen LogP contribution in [0, 0.1) is 0 Å². The molecule has 156 valence electrons. The van der Waals surface area contributed by atoms with E-state index in [1.807, 2.05) is 0 Å². The Balaban J connectivity index is 1.79. The second kappa shape index (κ2) is 8.63. The molecule has 0 aliphatic carbocycles. The topological polar surface area (TPSA) is 75.7 Å². The molecule has 6 nitrogen and oxygen atoms in total. The first kappa shape index (κ1) is 21.5. The normalized spacial score (nSPS) is 16.1. The third kappa shape index (κ3) is 4.85. The Hall–Kier alpha value is -2.25. The first-order chi connectivity index (χ1) is 13.7. The van der Waals surface area contributed by atoms with E-state index in [1.54, 1.807) is 12.1 Å². The van der Waals surface area contributed by atoms with Crippen molar-refractivity contribution in [1.29, 1.82) is 0 Å². The lowest BCUT2D eigenvalue weighted by Gasteiger charge is -2.34. The van der Waals surface area contributed by atoms with Crippen LogP contribution in [0.2, 0.25) is 5.02 Å². The van der Waals surface area contributed by atoms with Crippen LogP contribution in [0.4, 0.5) is 5.69 Å². The van der Waals surface area contributed by atoms with Crippen molar-refractivity contribution in [2.45, 2.75) is 39.3 Å². The minimum Gasteiger partial charge on any atom is -0.476 e. The van der Waals surface area contributed by atoms with E-state index in [9.17, 15) is 13.2 Å². The summed E-state index contributed by atoms with van der Waals surface area (Å²) in [4.78, 5) is 12.8. The molecule has 8 heteroatoms. The van der Waals surface area contributed by atoms with Gasteiger partial charge in [0.1, 0.15) is 5.75 Å². The summed E-state index contributed by atoms with van der Waals surface area (Å²) in [6, 6.07) is 11.0. The number of carbonyl (C=O) groups is 1. The number of sulfonamides is 1. The van der Waals surface area contributed by atoms with Gasteiger partial charge in [0.2, 0.25) is 10.0 Å². The van der Waals surface area contributed by atoms with Crippen LogP contribution in [-0.4, -0.2) is 33.2 Å². The van der Waals surface area contributed by atoms with Gasteiger partial charge in [-0.1, -0.05) is 43.6 Å². The Morgan fingerprint density at radius 1 is 1.17 bits per heavy atom. The Morgan fingerprint density at radius 2 is 1.93 bits per heavy atom. The van der Waals surface area contributed by atoms with E-state index in [-0.39, 0.29) is 12.5 Å². The van der Waals surface area contributed by atoms with Crippen molar-refractivity contribution in [3.05, 3.63) is 58.1 Å². The van der Waals surface area contributed by atoms with Crippen molar-refractivity contribution in [2.75, 3.05) is 17.1 Å². The summed E-state index contributed by atoms with van der Waals surface area (Å²) >= 11 is 6.01. The first-order valence-electron chi connectivity index (χ1n) is 9.55. The van der Waals surface area contributed by atoms with Gasteiger partial charge in [-0.2, -0.15) is 0 Å². The highest BCUT2D eigenvalue weighted by molar-refractivity contribution is 7.92. The van der Waals surface area contributed by atoms with E-state index in [4.69, 9.17) is 16.3 Å². The molecule has 1 aliphatic rings. The molecule has 0 bridgehead atoms. The molecule has 0 radical (unpaired) electrons. The summed E-state index contributed by atoms with van der Waals surface area (Å²) in [5.41, 5.74) is 3.77. The SMILES string of the molecule is CCc1ccc(CC)c(CNC(=O)C2CN(S(C)(=O)=O)c3cc(Cl)ccc3O2)c1. The predicted molar refractivity (Wildman–Crippen MR) is 115 cm³/mol. The number of hydrogen-bond acceptors (Lipinski definition) is 4. The molecule has 1 aliphatic heterocycles. The summed E-state index contributed by atoms with van der Waals surface area (Å²) in [6.07, 6.45) is 1.93. The lowest BCUT2D eigenvalue weighted by atomic mass is 10.0. The van der Waals surface area contributed by atoms with E-state index in [1.165, 1.54) is 17.2 Å². The number of nitrogens with zero attached hydrogens (tertiary/aromatic N) is 1. The van der Waals surface area contributed by atoms with Gasteiger partial charge in [-0.05, 0) is 47.7 Å². The third-order valence-corrected chi connectivity index (χ3v) is 6.38. The largest absolute Gasteiger partial charge is 0.476 e. The van der Waals surface area contributed by atoms with Crippen LogP contribution >= 0.6 is 11.6 Å². The molecule has 0 fully saturated rings. The number of anilines is 1. The maximum Gasteiger partial charge on any atom is 0.263 e. The van der Waals surface area contributed by atoms with Crippen LogP contribution < -0.4 is 14.4 Å². The smallest absolute Gasteiger partial charge is 0.263 e. The fourth-order valence-electron chi connectivity index (χ4n) is 3.38. The van der Waals surface area contributed by atoms with Gasteiger partial charge in [-0.3, -0.25) is 9.10 Å². The molecule has 29 heavy (non-hydrogen) atoms. The van der Waals surface area contributed by atoms with Gasteiger partial charge in [-0.15, -0.1) is 0 Å². The summed E-state index contributed by atoms with van der Waals surface area (Å²) < 4.78 is 31.5. The Kier molecular flexibility index (Phi) is 6.39. The van der Waals surface area contributed by atoms with Crippen molar-refractivity contribution in [3.8, 4) is 5.75 Å².